The molecule has 0 aliphatic carbocycles. The minimum atomic E-state index is 0.660. The SMILES string of the molecule is CCC(C)c1ccc(S)c(C)c1C. The van der Waals surface area contributed by atoms with E-state index in [0.717, 1.165) is 4.90 Å². The van der Waals surface area contributed by atoms with Gasteiger partial charge in [0.2, 0.25) is 0 Å². The van der Waals surface area contributed by atoms with Gasteiger partial charge in [0.1, 0.15) is 0 Å². The standard InChI is InChI=1S/C12H18S/c1-5-8(2)11-6-7-12(13)10(4)9(11)3/h6-8,13H,5H2,1-4H3. The minimum Gasteiger partial charge on any atom is -0.143 e. The first-order valence-corrected chi connectivity index (χ1v) is 5.31. The molecular weight excluding hydrogens is 176 g/mol. The van der Waals surface area contributed by atoms with E-state index < -0.39 is 0 Å². The average molecular weight is 194 g/mol. The lowest BCUT2D eigenvalue weighted by molar-refractivity contribution is 0.725. The first kappa shape index (κ1) is 10.6. The topological polar surface area (TPSA) is 0 Å². The molecule has 0 aliphatic rings. The molecule has 0 heterocycles. The third kappa shape index (κ3) is 2.08. The van der Waals surface area contributed by atoms with E-state index in [9.17, 15) is 0 Å². The molecular formula is C12H18S. The molecule has 0 bridgehead atoms. The molecule has 1 rings (SSSR count). The van der Waals surface area contributed by atoms with E-state index in [0.29, 0.717) is 5.92 Å². The van der Waals surface area contributed by atoms with E-state index in [2.05, 4.69) is 52.5 Å². The third-order valence-electron chi connectivity index (χ3n) is 2.94. The highest BCUT2D eigenvalue weighted by Crippen LogP contribution is 2.27. The maximum Gasteiger partial charge on any atom is 0.00720 e. The molecule has 1 aromatic carbocycles. The van der Waals surface area contributed by atoms with Crippen molar-refractivity contribution in [3.05, 3.63) is 28.8 Å². The zero-order chi connectivity index (χ0) is 10.0. The number of rotatable bonds is 2. The molecule has 0 aromatic heterocycles. The van der Waals surface area contributed by atoms with E-state index in [4.69, 9.17) is 0 Å². The molecule has 1 unspecified atom stereocenters. The Morgan fingerprint density at radius 1 is 1.23 bits per heavy atom. The van der Waals surface area contributed by atoms with Crippen LogP contribution in [0.3, 0.4) is 0 Å². The van der Waals surface area contributed by atoms with Crippen LogP contribution in [0, 0.1) is 13.8 Å². The summed E-state index contributed by atoms with van der Waals surface area (Å²) in [7, 11) is 0. The van der Waals surface area contributed by atoms with Crippen molar-refractivity contribution in [3.8, 4) is 0 Å². The highest BCUT2D eigenvalue weighted by Gasteiger charge is 2.08. The highest BCUT2D eigenvalue weighted by atomic mass is 32.1. The van der Waals surface area contributed by atoms with Crippen molar-refractivity contribution in [3.63, 3.8) is 0 Å². The Balaban J connectivity index is 3.18. The molecule has 0 aliphatic heterocycles. The van der Waals surface area contributed by atoms with Crippen molar-refractivity contribution >= 4 is 12.6 Å². The van der Waals surface area contributed by atoms with Gasteiger partial charge in [0.15, 0.2) is 0 Å². The van der Waals surface area contributed by atoms with E-state index in [-0.39, 0.29) is 0 Å². The monoisotopic (exact) mass is 194 g/mol. The number of hydrogen-bond acceptors (Lipinski definition) is 1. The Bertz CT molecular complexity index is 302. The highest BCUT2D eigenvalue weighted by molar-refractivity contribution is 7.80. The van der Waals surface area contributed by atoms with Gasteiger partial charge in [-0.3, -0.25) is 0 Å². The van der Waals surface area contributed by atoms with Crippen molar-refractivity contribution in [2.75, 3.05) is 0 Å². The average Bonchev–Trinajstić information content (AvgIpc) is 2.13. The van der Waals surface area contributed by atoms with Crippen molar-refractivity contribution < 1.29 is 0 Å². The normalized spacial score (nSPS) is 13.0. The van der Waals surface area contributed by atoms with Crippen LogP contribution in [0.15, 0.2) is 17.0 Å². The quantitative estimate of drug-likeness (QED) is 0.673. The summed E-state index contributed by atoms with van der Waals surface area (Å²) in [5.41, 5.74) is 4.20. The first-order chi connectivity index (χ1) is 6.07. The fourth-order valence-electron chi connectivity index (χ4n) is 1.58. The van der Waals surface area contributed by atoms with Gasteiger partial charge in [0, 0.05) is 4.90 Å². The van der Waals surface area contributed by atoms with Crippen LogP contribution in [-0.4, -0.2) is 0 Å². The molecule has 1 atom stereocenters. The summed E-state index contributed by atoms with van der Waals surface area (Å²) in [6.45, 7) is 8.84. The van der Waals surface area contributed by atoms with Crippen LogP contribution in [0.2, 0.25) is 0 Å². The molecule has 0 amide bonds. The van der Waals surface area contributed by atoms with Crippen LogP contribution in [0.25, 0.3) is 0 Å². The third-order valence-corrected chi connectivity index (χ3v) is 3.43. The predicted molar refractivity (Wildman–Crippen MR) is 61.9 cm³/mol. The van der Waals surface area contributed by atoms with Crippen molar-refractivity contribution in [1.82, 2.24) is 0 Å². The molecule has 0 saturated heterocycles. The van der Waals surface area contributed by atoms with Crippen molar-refractivity contribution in [2.24, 2.45) is 0 Å². The summed E-state index contributed by atoms with van der Waals surface area (Å²) in [4.78, 5) is 1.10. The fraction of sp³-hybridized carbons (Fsp3) is 0.500. The molecule has 13 heavy (non-hydrogen) atoms. The van der Waals surface area contributed by atoms with Crippen molar-refractivity contribution in [1.29, 1.82) is 0 Å². The summed E-state index contributed by atoms with van der Waals surface area (Å²) in [5, 5.41) is 0. The minimum absolute atomic E-state index is 0.660. The van der Waals surface area contributed by atoms with Crippen LogP contribution in [0.1, 0.15) is 42.9 Å². The van der Waals surface area contributed by atoms with Gasteiger partial charge in [-0.05, 0) is 48.9 Å². The Kier molecular flexibility index (Phi) is 3.43. The van der Waals surface area contributed by atoms with Crippen LogP contribution in [0.4, 0.5) is 0 Å². The second-order valence-electron chi connectivity index (χ2n) is 3.73. The summed E-state index contributed by atoms with van der Waals surface area (Å²) < 4.78 is 0. The molecule has 72 valence electrons. The summed E-state index contributed by atoms with van der Waals surface area (Å²) >= 11 is 4.41. The zero-order valence-electron chi connectivity index (χ0n) is 8.89. The lowest BCUT2D eigenvalue weighted by Crippen LogP contribution is -1.97. The van der Waals surface area contributed by atoms with Gasteiger partial charge >= 0.3 is 0 Å². The predicted octanol–water partition coefficient (Wildman–Crippen LogP) is 4.11. The number of hydrogen-bond donors (Lipinski definition) is 1. The van der Waals surface area contributed by atoms with Gasteiger partial charge in [-0.25, -0.2) is 0 Å². The zero-order valence-corrected chi connectivity index (χ0v) is 9.78. The van der Waals surface area contributed by atoms with E-state index in [1.54, 1.807) is 0 Å². The van der Waals surface area contributed by atoms with Gasteiger partial charge in [0.25, 0.3) is 0 Å². The fourth-order valence-corrected chi connectivity index (χ4v) is 1.82. The van der Waals surface area contributed by atoms with Gasteiger partial charge in [-0.15, -0.1) is 12.6 Å². The van der Waals surface area contributed by atoms with Gasteiger partial charge < -0.3 is 0 Å². The maximum absolute atomic E-state index is 4.41. The van der Waals surface area contributed by atoms with Crippen LogP contribution in [0.5, 0.6) is 0 Å². The van der Waals surface area contributed by atoms with Gasteiger partial charge in [-0.2, -0.15) is 0 Å². The molecule has 0 N–H and O–H groups in total. The Morgan fingerprint density at radius 2 is 1.85 bits per heavy atom. The second-order valence-corrected chi connectivity index (χ2v) is 4.22. The lowest BCUT2D eigenvalue weighted by atomic mass is 9.92. The molecule has 1 aromatic rings. The largest absolute Gasteiger partial charge is 0.143 e. The summed E-state index contributed by atoms with van der Waals surface area (Å²) in [5.74, 6) is 0.660. The Morgan fingerprint density at radius 3 is 2.38 bits per heavy atom. The lowest BCUT2D eigenvalue weighted by Gasteiger charge is -2.15. The van der Waals surface area contributed by atoms with Crippen molar-refractivity contribution in [2.45, 2.75) is 44.9 Å². The molecule has 1 heteroatoms. The number of benzene rings is 1. The summed E-state index contributed by atoms with van der Waals surface area (Å²) in [6, 6.07) is 4.31. The molecule has 0 radical (unpaired) electrons. The van der Waals surface area contributed by atoms with E-state index in [1.807, 2.05) is 0 Å². The van der Waals surface area contributed by atoms with Crippen LogP contribution < -0.4 is 0 Å². The molecule has 0 fully saturated rings. The Labute approximate surface area is 86.8 Å². The van der Waals surface area contributed by atoms with E-state index >= 15 is 0 Å². The smallest absolute Gasteiger partial charge is 0.00720 e. The van der Waals surface area contributed by atoms with Gasteiger partial charge in [-0.1, -0.05) is 19.9 Å². The van der Waals surface area contributed by atoms with Crippen LogP contribution >= 0.6 is 12.6 Å². The molecule has 0 saturated carbocycles. The molecule has 0 nitrogen and oxygen atoms in total. The van der Waals surface area contributed by atoms with Crippen LogP contribution in [-0.2, 0) is 0 Å². The summed E-state index contributed by atoms with van der Waals surface area (Å²) in [6.07, 6.45) is 1.20. The van der Waals surface area contributed by atoms with E-state index in [1.165, 1.54) is 23.1 Å². The maximum atomic E-state index is 4.41. The molecule has 0 spiro atoms. The van der Waals surface area contributed by atoms with Gasteiger partial charge in [0.05, 0.1) is 0 Å². The Hall–Kier alpha value is -0.430. The second kappa shape index (κ2) is 4.19. The number of thiol groups is 1. The first-order valence-electron chi connectivity index (χ1n) is 4.87.